The van der Waals surface area contributed by atoms with Crippen molar-refractivity contribution in [1.82, 2.24) is 4.57 Å². The highest BCUT2D eigenvalue weighted by atomic mass is 16.5. The number of ether oxygens (including phenoxy) is 1. The number of carbonyl (C=O) groups excluding carboxylic acids is 1. The molecule has 0 aromatic carbocycles. The van der Waals surface area contributed by atoms with Gasteiger partial charge < -0.3 is 14.4 Å². The molecular weight excluding hydrogens is 246 g/mol. The number of rotatable bonds is 5. The summed E-state index contributed by atoms with van der Waals surface area (Å²) in [7, 11) is 0. The monoisotopic (exact) mass is 265 g/mol. The second-order valence-corrected chi connectivity index (χ2v) is 4.10. The van der Waals surface area contributed by atoms with Gasteiger partial charge in [-0.3, -0.25) is 0 Å². The van der Waals surface area contributed by atoms with Crippen molar-refractivity contribution in [2.75, 3.05) is 6.61 Å². The van der Waals surface area contributed by atoms with Crippen molar-refractivity contribution in [3.8, 4) is 0 Å². The Labute approximate surface area is 112 Å². The number of carbonyl (C=O) groups is 2. The maximum absolute atomic E-state index is 12.0. The second-order valence-electron chi connectivity index (χ2n) is 4.10. The molecule has 0 aliphatic heterocycles. The first-order valence-corrected chi connectivity index (χ1v) is 6.21. The predicted octanol–water partition coefficient (Wildman–Crippen LogP) is 2.40. The highest BCUT2D eigenvalue weighted by Gasteiger charge is 2.21. The third-order valence-corrected chi connectivity index (χ3v) is 3.02. The Morgan fingerprint density at radius 2 is 1.89 bits per heavy atom. The minimum atomic E-state index is -1.05. The van der Waals surface area contributed by atoms with E-state index in [0.717, 1.165) is 17.5 Å². The van der Waals surface area contributed by atoms with Gasteiger partial charge in [-0.25, -0.2) is 9.59 Å². The average Bonchev–Trinajstić information content (AvgIpc) is 2.58. The second kappa shape index (κ2) is 6.22. The van der Waals surface area contributed by atoms with Crippen LogP contribution in [0.3, 0.4) is 0 Å². The minimum absolute atomic E-state index is 0.288. The van der Waals surface area contributed by atoms with Crippen molar-refractivity contribution in [3.05, 3.63) is 28.6 Å². The molecule has 0 spiro atoms. The van der Waals surface area contributed by atoms with Crippen LogP contribution in [0.1, 0.15) is 41.2 Å². The highest BCUT2D eigenvalue weighted by molar-refractivity contribution is 5.97. The molecule has 0 aliphatic carbocycles. The zero-order valence-corrected chi connectivity index (χ0v) is 11.7. The number of carboxylic acid groups (broad SMARTS) is 1. The molecule has 0 bridgehead atoms. The quantitative estimate of drug-likeness (QED) is 0.655. The lowest BCUT2D eigenvalue weighted by molar-refractivity contribution is -0.131. The summed E-state index contributed by atoms with van der Waals surface area (Å²) in [5.74, 6) is -1.46. The molecule has 19 heavy (non-hydrogen) atoms. The predicted molar refractivity (Wildman–Crippen MR) is 72.2 cm³/mol. The number of hydrogen-bond donors (Lipinski definition) is 1. The van der Waals surface area contributed by atoms with Gasteiger partial charge >= 0.3 is 11.9 Å². The fraction of sp³-hybridized carbons (Fsp3) is 0.429. The Hall–Kier alpha value is -2.04. The molecule has 104 valence electrons. The molecule has 1 N–H and O–H groups in total. The van der Waals surface area contributed by atoms with E-state index in [1.807, 2.05) is 25.3 Å². The molecular formula is C14H19NO4. The molecule has 5 heteroatoms. The fourth-order valence-electron chi connectivity index (χ4n) is 2.20. The number of aliphatic carboxylic acids is 1. The third-order valence-electron chi connectivity index (χ3n) is 3.02. The topological polar surface area (TPSA) is 68.5 Å². The minimum Gasteiger partial charge on any atom is -0.478 e. The Balaban J connectivity index is 3.41. The van der Waals surface area contributed by atoms with Gasteiger partial charge in [-0.2, -0.15) is 0 Å². The summed E-state index contributed by atoms with van der Waals surface area (Å²) in [5.41, 5.74) is 2.71. The van der Waals surface area contributed by atoms with Crippen LogP contribution in [-0.2, 0) is 16.1 Å². The summed E-state index contributed by atoms with van der Waals surface area (Å²) in [6.07, 6.45) is 2.48. The SMILES string of the molecule is CCOC(=O)c1c(C=CC(=O)O)c(C)n(CC)c1C. The molecule has 0 fully saturated rings. The summed E-state index contributed by atoms with van der Waals surface area (Å²) in [6.45, 7) is 8.41. The molecule has 1 aromatic heterocycles. The van der Waals surface area contributed by atoms with Crippen molar-refractivity contribution in [1.29, 1.82) is 0 Å². The largest absolute Gasteiger partial charge is 0.478 e. The molecule has 0 saturated carbocycles. The lowest BCUT2D eigenvalue weighted by atomic mass is 10.1. The Morgan fingerprint density at radius 3 is 2.37 bits per heavy atom. The van der Waals surface area contributed by atoms with Gasteiger partial charge in [0.2, 0.25) is 0 Å². The molecule has 0 radical (unpaired) electrons. The smallest absolute Gasteiger partial charge is 0.340 e. The number of hydrogen-bond acceptors (Lipinski definition) is 3. The standard InChI is InChI=1S/C14H19NO4/c1-5-15-9(3)11(7-8-12(16)17)13(10(15)4)14(18)19-6-2/h7-8H,5-6H2,1-4H3,(H,16,17). The first-order chi connectivity index (χ1) is 8.93. The van der Waals surface area contributed by atoms with E-state index in [0.29, 0.717) is 17.7 Å². The van der Waals surface area contributed by atoms with Crippen molar-refractivity contribution in [2.24, 2.45) is 0 Å². The third kappa shape index (κ3) is 3.05. The lowest BCUT2D eigenvalue weighted by Gasteiger charge is -2.05. The van der Waals surface area contributed by atoms with Crippen molar-refractivity contribution < 1.29 is 19.4 Å². The van der Waals surface area contributed by atoms with Gasteiger partial charge in [0.25, 0.3) is 0 Å². The Morgan fingerprint density at radius 1 is 1.26 bits per heavy atom. The van der Waals surface area contributed by atoms with Crippen molar-refractivity contribution in [2.45, 2.75) is 34.2 Å². The first-order valence-electron chi connectivity index (χ1n) is 6.21. The van der Waals surface area contributed by atoms with Crippen molar-refractivity contribution >= 4 is 18.0 Å². The van der Waals surface area contributed by atoms with Gasteiger partial charge in [0.05, 0.1) is 12.2 Å². The molecule has 0 saturated heterocycles. The van der Waals surface area contributed by atoms with E-state index >= 15 is 0 Å². The zero-order chi connectivity index (χ0) is 14.6. The number of esters is 1. The van der Waals surface area contributed by atoms with E-state index in [1.165, 1.54) is 6.08 Å². The van der Waals surface area contributed by atoms with Gasteiger partial charge in [0.15, 0.2) is 0 Å². The van der Waals surface area contributed by atoms with Gasteiger partial charge in [-0.05, 0) is 33.8 Å². The van der Waals surface area contributed by atoms with Gasteiger partial charge in [0, 0.05) is 29.6 Å². The fourth-order valence-corrected chi connectivity index (χ4v) is 2.20. The van der Waals surface area contributed by atoms with Crippen LogP contribution in [0.25, 0.3) is 6.08 Å². The molecule has 0 unspecified atom stereocenters. The Kier molecular flexibility index (Phi) is 4.92. The molecule has 0 aliphatic rings. The van der Waals surface area contributed by atoms with E-state index in [-0.39, 0.29) is 6.61 Å². The van der Waals surface area contributed by atoms with Crippen LogP contribution in [0.15, 0.2) is 6.08 Å². The maximum atomic E-state index is 12.0. The summed E-state index contributed by atoms with van der Waals surface area (Å²) in [5, 5.41) is 8.72. The summed E-state index contributed by atoms with van der Waals surface area (Å²) in [4.78, 5) is 22.6. The van der Waals surface area contributed by atoms with E-state index in [2.05, 4.69) is 0 Å². The zero-order valence-electron chi connectivity index (χ0n) is 11.7. The molecule has 0 amide bonds. The van der Waals surface area contributed by atoms with Crippen molar-refractivity contribution in [3.63, 3.8) is 0 Å². The summed E-state index contributed by atoms with van der Waals surface area (Å²) >= 11 is 0. The highest BCUT2D eigenvalue weighted by Crippen LogP contribution is 2.24. The normalized spacial score (nSPS) is 10.9. The van der Waals surface area contributed by atoms with Gasteiger partial charge in [0.1, 0.15) is 0 Å². The van der Waals surface area contributed by atoms with Crippen LogP contribution in [0.2, 0.25) is 0 Å². The van der Waals surface area contributed by atoms with E-state index in [9.17, 15) is 9.59 Å². The van der Waals surface area contributed by atoms with Gasteiger partial charge in [-0.1, -0.05) is 0 Å². The van der Waals surface area contributed by atoms with E-state index in [4.69, 9.17) is 9.84 Å². The number of aromatic nitrogens is 1. The number of carboxylic acids is 1. The summed E-state index contributed by atoms with van der Waals surface area (Å²) in [6, 6.07) is 0. The number of nitrogens with zero attached hydrogens (tertiary/aromatic N) is 1. The van der Waals surface area contributed by atoms with Crippen LogP contribution >= 0.6 is 0 Å². The average molecular weight is 265 g/mol. The lowest BCUT2D eigenvalue weighted by Crippen LogP contribution is -2.08. The van der Waals surface area contributed by atoms with Crippen LogP contribution in [-0.4, -0.2) is 28.2 Å². The molecule has 1 rings (SSSR count). The summed E-state index contributed by atoms with van der Waals surface area (Å²) < 4.78 is 7.00. The first kappa shape index (κ1) is 15.0. The van der Waals surface area contributed by atoms with E-state index < -0.39 is 11.9 Å². The molecule has 1 heterocycles. The Bertz CT molecular complexity index is 526. The molecule has 5 nitrogen and oxygen atoms in total. The van der Waals surface area contributed by atoms with E-state index in [1.54, 1.807) is 6.92 Å². The van der Waals surface area contributed by atoms with Gasteiger partial charge in [-0.15, -0.1) is 0 Å². The van der Waals surface area contributed by atoms with Crippen LogP contribution < -0.4 is 0 Å². The van der Waals surface area contributed by atoms with Crippen LogP contribution in [0.5, 0.6) is 0 Å². The molecule has 0 atom stereocenters. The maximum Gasteiger partial charge on any atom is 0.340 e. The van der Waals surface area contributed by atoms with Crippen LogP contribution in [0.4, 0.5) is 0 Å². The molecule has 1 aromatic rings. The van der Waals surface area contributed by atoms with Crippen LogP contribution in [0, 0.1) is 13.8 Å².